The van der Waals surface area contributed by atoms with E-state index in [-0.39, 0.29) is 11.8 Å². The first-order chi connectivity index (χ1) is 12.6. The van der Waals surface area contributed by atoms with Crippen LogP contribution in [-0.4, -0.2) is 11.8 Å². The van der Waals surface area contributed by atoms with Crippen molar-refractivity contribution < 1.29 is 9.59 Å². The Kier molecular flexibility index (Phi) is 5.66. The molecule has 0 aliphatic heterocycles. The second-order valence-electron chi connectivity index (χ2n) is 5.63. The summed E-state index contributed by atoms with van der Waals surface area (Å²) in [5.74, 6) is -0.604. The van der Waals surface area contributed by atoms with E-state index in [1.54, 1.807) is 72.8 Å². The summed E-state index contributed by atoms with van der Waals surface area (Å²) in [6.07, 6.45) is -0.760. The quantitative estimate of drug-likeness (QED) is 0.666. The van der Waals surface area contributed by atoms with Gasteiger partial charge in [0.2, 0.25) is 0 Å². The maximum atomic E-state index is 12.6. The molecule has 0 fully saturated rings. The van der Waals surface area contributed by atoms with Crippen LogP contribution in [0.15, 0.2) is 84.9 Å². The zero-order valence-corrected chi connectivity index (χ0v) is 14.6. The number of hydrogen-bond donors (Lipinski definition) is 2. The molecule has 0 heterocycles. The molecular formula is C21H17ClN2O2. The highest BCUT2D eigenvalue weighted by Gasteiger charge is 2.20. The van der Waals surface area contributed by atoms with Gasteiger partial charge in [-0.25, -0.2) is 0 Å². The molecule has 3 aromatic rings. The first-order valence-corrected chi connectivity index (χ1v) is 8.49. The molecule has 0 saturated carbocycles. The van der Waals surface area contributed by atoms with E-state index in [1.807, 2.05) is 12.1 Å². The zero-order chi connectivity index (χ0) is 18.4. The average Bonchev–Trinajstić information content (AvgIpc) is 2.69. The van der Waals surface area contributed by atoms with Crippen LogP contribution in [0.3, 0.4) is 0 Å². The van der Waals surface area contributed by atoms with E-state index in [1.165, 1.54) is 0 Å². The van der Waals surface area contributed by atoms with E-state index >= 15 is 0 Å². The molecule has 0 aliphatic carbocycles. The molecule has 130 valence electrons. The third kappa shape index (κ3) is 4.29. The smallest absolute Gasteiger partial charge is 0.253 e. The largest absolute Gasteiger partial charge is 0.328 e. The fourth-order valence-electron chi connectivity index (χ4n) is 2.51. The van der Waals surface area contributed by atoms with Gasteiger partial charge in [-0.3, -0.25) is 9.59 Å². The summed E-state index contributed by atoms with van der Waals surface area (Å²) in [6, 6.07) is 24.7. The molecule has 0 bridgehead atoms. The number of halogens is 1. The summed E-state index contributed by atoms with van der Waals surface area (Å²) in [6.45, 7) is 0. The van der Waals surface area contributed by atoms with Crippen molar-refractivity contribution in [3.05, 3.63) is 107 Å². The predicted octanol–water partition coefficient (Wildman–Crippen LogP) is 4.20. The Bertz CT molecular complexity index is 845. The summed E-state index contributed by atoms with van der Waals surface area (Å²) >= 11 is 6.28. The number of amides is 2. The highest BCUT2D eigenvalue weighted by Crippen LogP contribution is 2.22. The molecule has 0 aliphatic rings. The van der Waals surface area contributed by atoms with Gasteiger partial charge in [-0.15, -0.1) is 0 Å². The van der Waals surface area contributed by atoms with Crippen molar-refractivity contribution in [1.29, 1.82) is 0 Å². The van der Waals surface area contributed by atoms with Crippen LogP contribution in [0.4, 0.5) is 0 Å². The van der Waals surface area contributed by atoms with E-state index in [9.17, 15) is 9.59 Å². The molecule has 5 heteroatoms. The monoisotopic (exact) mass is 364 g/mol. The van der Waals surface area contributed by atoms with E-state index < -0.39 is 6.17 Å². The standard InChI is InChI=1S/C21H17ClN2O2/c22-18-14-8-7-13-17(18)19(23-20(25)15-9-3-1-4-10-15)24-21(26)16-11-5-2-6-12-16/h1-14,19H,(H,23,25)(H,24,26). The van der Waals surface area contributed by atoms with E-state index in [4.69, 9.17) is 11.6 Å². The molecule has 0 radical (unpaired) electrons. The number of carbonyl (C=O) groups is 2. The fourth-order valence-corrected chi connectivity index (χ4v) is 2.75. The van der Waals surface area contributed by atoms with Crippen LogP contribution in [-0.2, 0) is 0 Å². The van der Waals surface area contributed by atoms with Gasteiger partial charge in [-0.1, -0.05) is 66.2 Å². The molecule has 3 aromatic carbocycles. The minimum Gasteiger partial charge on any atom is -0.328 e. The lowest BCUT2D eigenvalue weighted by atomic mass is 10.1. The Labute approximate surface area is 156 Å². The topological polar surface area (TPSA) is 58.2 Å². The fraction of sp³-hybridized carbons (Fsp3) is 0.0476. The maximum absolute atomic E-state index is 12.6. The van der Waals surface area contributed by atoms with Crippen LogP contribution in [0.5, 0.6) is 0 Å². The lowest BCUT2D eigenvalue weighted by Gasteiger charge is -2.22. The lowest BCUT2D eigenvalue weighted by Crippen LogP contribution is -2.41. The van der Waals surface area contributed by atoms with Gasteiger partial charge in [-0.2, -0.15) is 0 Å². The van der Waals surface area contributed by atoms with Gasteiger partial charge >= 0.3 is 0 Å². The van der Waals surface area contributed by atoms with Crippen molar-refractivity contribution in [3.8, 4) is 0 Å². The minimum absolute atomic E-state index is 0.302. The molecular weight excluding hydrogens is 348 g/mol. The second kappa shape index (κ2) is 8.32. The van der Waals surface area contributed by atoms with Crippen LogP contribution >= 0.6 is 11.6 Å². The second-order valence-corrected chi connectivity index (χ2v) is 6.04. The Morgan fingerprint density at radius 2 is 1.08 bits per heavy atom. The van der Waals surface area contributed by atoms with Crippen molar-refractivity contribution in [2.75, 3.05) is 0 Å². The summed E-state index contributed by atoms with van der Waals surface area (Å²) in [5.41, 5.74) is 1.61. The summed E-state index contributed by atoms with van der Waals surface area (Å²) in [7, 11) is 0. The van der Waals surface area contributed by atoms with Crippen LogP contribution < -0.4 is 10.6 Å². The van der Waals surface area contributed by atoms with Crippen LogP contribution in [0.1, 0.15) is 32.4 Å². The molecule has 0 atom stereocenters. The third-order valence-corrected chi connectivity index (χ3v) is 4.18. The molecule has 0 spiro atoms. The van der Waals surface area contributed by atoms with Crippen molar-refractivity contribution in [2.24, 2.45) is 0 Å². The Balaban J connectivity index is 1.86. The average molecular weight is 365 g/mol. The highest BCUT2D eigenvalue weighted by atomic mass is 35.5. The molecule has 26 heavy (non-hydrogen) atoms. The Hall–Kier alpha value is -3.11. The highest BCUT2D eigenvalue weighted by molar-refractivity contribution is 6.31. The van der Waals surface area contributed by atoms with Crippen molar-refractivity contribution in [1.82, 2.24) is 10.6 Å². The number of rotatable bonds is 5. The summed E-state index contributed by atoms with van der Waals surface area (Å²) in [4.78, 5) is 25.1. The maximum Gasteiger partial charge on any atom is 0.253 e. The van der Waals surface area contributed by atoms with Crippen LogP contribution in [0, 0.1) is 0 Å². The first-order valence-electron chi connectivity index (χ1n) is 8.11. The number of carbonyl (C=O) groups excluding carboxylic acids is 2. The van der Waals surface area contributed by atoms with Gasteiger partial charge in [0.15, 0.2) is 0 Å². The molecule has 3 rings (SSSR count). The first kappa shape index (κ1) is 17.7. The van der Waals surface area contributed by atoms with Crippen LogP contribution in [0.2, 0.25) is 5.02 Å². The number of nitrogens with one attached hydrogen (secondary N) is 2. The molecule has 2 amide bonds. The van der Waals surface area contributed by atoms with Crippen molar-refractivity contribution in [3.63, 3.8) is 0 Å². The molecule has 2 N–H and O–H groups in total. The van der Waals surface area contributed by atoms with E-state index in [0.29, 0.717) is 21.7 Å². The molecule has 0 aromatic heterocycles. The molecule has 4 nitrogen and oxygen atoms in total. The van der Waals surface area contributed by atoms with Gasteiger partial charge in [0, 0.05) is 21.7 Å². The Morgan fingerprint density at radius 1 is 0.654 bits per heavy atom. The lowest BCUT2D eigenvalue weighted by molar-refractivity contribution is 0.0883. The summed E-state index contributed by atoms with van der Waals surface area (Å²) in [5, 5.41) is 6.13. The van der Waals surface area contributed by atoms with Crippen molar-refractivity contribution in [2.45, 2.75) is 6.17 Å². The van der Waals surface area contributed by atoms with Gasteiger partial charge in [0.05, 0.1) is 0 Å². The predicted molar refractivity (Wildman–Crippen MR) is 102 cm³/mol. The number of benzene rings is 3. The molecule has 0 saturated heterocycles. The van der Waals surface area contributed by atoms with Crippen LogP contribution in [0.25, 0.3) is 0 Å². The van der Waals surface area contributed by atoms with Gasteiger partial charge in [0.25, 0.3) is 11.8 Å². The third-order valence-electron chi connectivity index (χ3n) is 3.84. The zero-order valence-electron chi connectivity index (χ0n) is 13.9. The molecule has 0 unspecified atom stereocenters. The Morgan fingerprint density at radius 3 is 1.54 bits per heavy atom. The van der Waals surface area contributed by atoms with Gasteiger partial charge < -0.3 is 10.6 Å². The van der Waals surface area contributed by atoms with Crippen molar-refractivity contribution >= 4 is 23.4 Å². The summed E-state index contributed by atoms with van der Waals surface area (Å²) < 4.78 is 0. The van der Waals surface area contributed by atoms with Gasteiger partial charge in [0.1, 0.15) is 6.17 Å². The minimum atomic E-state index is -0.760. The van der Waals surface area contributed by atoms with E-state index in [0.717, 1.165) is 0 Å². The van der Waals surface area contributed by atoms with E-state index in [2.05, 4.69) is 10.6 Å². The number of hydrogen-bond acceptors (Lipinski definition) is 2. The SMILES string of the molecule is O=C(NC(NC(=O)c1ccccc1)c1ccccc1Cl)c1ccccc1. The van der Waals surface area contributed by atoms with Gasteiger partial charge in [-0.05, 0) is 30.3 Å². The normalized spacial score (nSPS) is 10.4.